The van der Waals surface area contributed by atoms with Crippen molar-refractivity contribution in [2.45, 2.75) is 13.3 Å². The number of rotatable bonds is 2. The van der Waals surface area contributed by atoms with Gasteiger partial charge >= 0.3 is 0 Å². The Kier molecular flexibility index (Phi) is 4.64. The van der Waals surface area contributed by atoms with Crippen LogP contribution < -0.4 is 33.2 Å². The molecular formula is C21H20BrN3. The largest absolute Gasteiger partial charge is 1.00 e. The summed E-state index contributed by atoms with van der Waals surface area (Å²) in [6, 6.07) is 20.7. The number of hydrogen-bond donors (Lipinski definition) is 2. The van der Waals surface area contributed by atoms with Gasteiger partial charge in [-0.1, -0.05) is 54.1 Å². The van der Waals surface area contributed by atoms with Gasteiger partial charge in [-0.15, -0.1) is 0 Å². The fraction of sp³-hybridized carbons (Fsp3) is 0.0952. The summed E-state index contributed by atoms with van der Waals surface area (Å²) in [5.41, 5.74) is 11.8. The van der Waals surface area contributed by atoms with Crippen molar-refractivity contribution < 1.29 is 21.7 Å². The predicted octanol–water partition coefficient (Wildman–Crippen LogP) is 0.810. The van der Waals surface area contributed by atoms with E-state index in [0.717, 1.165) is 28.4 Å². The van der Waals surface area contributed by atoms with E-state index < -0.39 is 0 Å². The molecule has 1 heterocycles. The zero-order chi connectivity index (χ0) is 16.7. The van der Waals surface area contributed by atoms with Crippen LogP contribution >= 0.6 is 0 Å². The lowest BCUT2D eigenvalue weighted by Crippen LogP contribution is -3.00. The minimum Gasteiger partial charge on any atom is -1.00 e. The Bertz CT molecular complexity index is 1060. The number of nitrogens with two attached hydrogens (primary N) is 2. The van der Waals surface area contributed by atoms with Crippen molar-refractivity contribution in [1.82, 2.24) is 0 Å². The zero-order valence-corrected chi connectivity index (χ0v) is 15.6. The van der Waals surface area contributed by atoms with Gasteiger partial charge in [0.2, 0.25) is 11.7 Å². The fourth-order valence-electron chi connectivity index (χ4n) is 3.59. The molecule has 0 saturated heterocycles. The van der Waals surface area contributed by atoms with Crippen LogP contribution in [0.3, 0.4) is 0 Å². The number of halogens is 1. The van der Waals surface area contributed by atoms with Crippen LogP contribution in [0.1, 0.15) is 12.5 Å². The smallest absolute Gasteiger partial charge is 0.244 e. The second-order valence-electron chi connectivity index (χ2n) is 6.05. The van der Waals surface area contributed by atoms with Crippen LogP contribution in [0.2, 0.25) is 0 Å². The Balaban J connectivity index is 0.00000182. The Morgan fingerprint density at radius 1 is 0.880 bits per heavy atom. The van der Waals surface area contributed by atoms with Gasteiger partial charge in [0, 0.05) is 22.5 Å². The lowest BCUT2D eigenvalue weighted by molar-refractivity contribution is -0.609. The van der Waals surface area contributed by atoms with Gasteiger partial charge in [0.15, 0.2) is 0 Å². The van der Waals surface area contributed by atoms with Crippen LogP contribution in [0.25, 0.3) is 32.8 Å². The van der Waals surface area contributed by atoms with Crippen LogP contribution in [-0.4, -0.2) is 0 Å². The monoisotopic (exact) mass is 393 g/mol. The van der Waals surface area contributed by atoms with E-state index in [1.807, 2.05) is 30.5 Å². The van der Waals surface area contributed by atoms with Crippen LogP contribution in [-0.2, 0) is 6.42 Å². The highest BCUT2D eigenvalue weighted by Crippen LogP contribution is 2.35. The zero-order valence-electron chi connectivity index (χ0n) is 14.0. The van der Waals surface area contributed by atoms with Crippen molar-refractivity contribution >= 4 is 27.4 Å². The van der Waals surface area contributed by atoms with Crippen LogP contribution in [0.5, 0.6) is 0 Å². The average Bonchev–Trinajstić information content (AvgIpc) is 2.62. The molecule has 0 aliphatic heterocycles. The van der Waals surface area contributed by atoms with E-state index in [0.29, 0.717) is 0 Å². The van der Waals surface area contributed by atoms with E-state index >= 15 is 0 Å². The number of aryl methyl sites for hydroxylation is 1. The average molecular weight is 394 g/mol. The highest BCUT2D eigenvalue weighted by Gasteiger charge is 2.18. The molecule has 0 fully saturated rings. The van der Waals surface area contributed by atoms with E-state index in [-0.39, 0.29) is 17.0 Å². The Morgan fingerprint density at radius 3 is 2.36 bits per heavy atom. The SMILES string of the molecule is CCc1c(-c2ccccc2)ccc2c[n+](N)c3cccc(N)c3c12.[Br-]. The molecule has 4 rings (SSSR count). The first kappa shape index (κ1) is 17.2. The molecule has 4 N–H and O–H groups in total. The number of nitrogens with zero attached hydrogens (tertiary/aromatic N) is 1. The molecule has 0 spiro atoms. The summed E-state index contributed by atoms with van der Waals surface area (Å²) in [6.45, 7) is 2.19. The third kappa shape index (κ3) is 2.72. The van der Waals surface area contributed by atoms with E-state index in [1.165, 1.54) is 22.1 Å². The minimum atomic E-state index is 0. The van der Waals surface area contributed by atoms with Crippen molar-refractivity contribution in [3.05, 3.63) is 72.4 Å². The van der Waals surface area contributed by atoms with Crippen LogP contribution in [0.4, 0.5) is 5.69 Å². The van der Waals surface area contributed by atoms with Gasteiger partial charge in [0.25, 0.3) is 0 Å². The van der Waals surface area contributed by atoms with Gasteiger partial charge < -0.3 is 22.7 Å². The first-order valence-electron chi connectivity index (χ1n) is 8.19. The topological polar surface area (TPSA) is 55.9 Å². The molecule has 0 aliphatic carbocycles. The van der Waals surface area contributed by atoms with Crippen molar-refractivity contribution in [2.24, 2.45) is 0 Å². The summed E-state index contributed by atoms with van der Waals surface area (Å²) in [7, 11) is 0. The summed E-state index contributed by atoms with van der Waals surface area (Å²) in [5, 5.41) is 3.35. The van der Waals surface area contributed by atoms with E-state index in [4.69, 9.17) is 11.6 Å². The van der Waals surface area contributed by atoms with Crippen molar-refractivity contribution in [3.8, 4) is 11.1 Å². The number of fused-ring (bicyclic) bond motifs is 3. The van der Waals surface area contributed by atoms with Gasteiger partial charge in [0.1, 0.15) is 0 Å². The van der Waals surface area contributed by atoms with Crippen LogP contribution in [0.15, 0.2) is 66.9 Å². The molecule has 4 heteroatoms. The lowest BCUT2D eigenvalue weighted by atomic mass is 9.91. The third-order valence-electron chi connectivity index (χ3n) is 4.66. The molecule has 3 nitrogen and oxygen atoms in total. The van der Waals surface area contributed by atoms with E-state index in [2.05, 4.69) is 43.3 Å². The van der Waals surface area contributed by atoms with Gasteiger partial charge in [-0.25, -0.2) is 5.84 Å². The molecule has 0 radical (unpaired) electrons. The molecular weight excluding hydrogens is 374 g/mol. The molecule has 4 aromatic rings. The van der Waals surface area contributed by atoms with Crippen molar-refractivity contribution in [1.29, 1.82) is 0 Å². The van der Waals surface area contributed by atoms with Crippen molar-refractivity contribution in [2.75, 3.05) is 11.6 Å². The molecule has 3 aromatic carbocycles. The van der Waals surface area contributed by atoms with Gasteiger partial charge in [-0.05, 0) is 35.2 Å². The third-order valence-corrected chi connectivity index (χ3v) is 4.66. The number of nitrogen functional groups attached to an aromatic ring is 2. The summed E-state index contributed by atoms with van der Waals surface area (Å²) >= 11 is 0. The molecule has 0 bridgehead atoms. The highest BCUT2D eigenvalue weighted by molar-refractivity contribution is 6.12. The maximum Gasteiger partial charge on any atom is 0.244 e. The molecule has 0 atom stereocenters. The molecule has 0 unspecified atom stereocenters. The quantitative estimate of drug-likeness (QED) is 0.229. The number of pyridine rings is 1. The Labute approximate surface area is 157 Å². The maximum absolute atomic E-state index is 6.33. The summed E-state index contributed by atoms with van der Waals surface area (Å²) in [4.78, 5) is 0. The molecule has 25 heavy (non-hydrogen) atoms. The molecule has 126 valence electrons. The maximum atomic E-state index is 6.33. The van der Waals surface area contributed by atoms with Gasteiger partial charge in [0.05, 0.1) is 5.39 Å². The Morgan fingerprint density at radius 2 is 1.64 bits per heavy atom. The standard InChI is InChI=1S/C21H19N3.BrH/c1-2-16-17(14-7-4-3-5-8-14)12-11-15-13-24(23)19-10-6-9-18(22)21(19)20(15)16;/h3-13,22H,2,23H2,1H3;1H. The molecule has 1 aromatic heterocycles. The number of hydrogen-bond acceptors (Lipinski definition) is 2. The summed E-state index contributed by atoms with van der Waals surface area (Å²) < 4.78 is 1.66. The van der Waals surface area contributed by atoms with Crippen LogP contribution in [0, 0.1) is 0 Å². The predicted molar refractivity (Wildman–Crippen MR) is 101 cm³/mol. The number of aromatic nitrogens is 1. The number of benzene rings is 3. The first-order valence-corrected chi connectivity index (χ1v) is 8.19. The lowest BCUT2D eigenvalue weighted by Gasteiger charge is -2.14. The normalized spacial score (nSPS) is 10.8. The summed E-state index contributed by atoms with van der Waals surface area (Å²) in [6.07, 6.45) is 2.91. The van der Waals surface area contributed by atoms with Gasteiger partial charge in [-0.3, -0.25) is 0 Å². The Hall–Kier alpha value is -2.59. The summed E-state index contributed by atoms with van der Waals surface area (Å²) in [5.74, 6) is 6.19. The fourth-order valence-corrected chi connectivity index (χ4v) is 3.59. The molecule has 0 aliphatic rings. The molecule has 0 saturated carbocycles. The molecule has 0 amide bonds. The van der Waals surface area contributed by atoms with E-state index in [1.54, 1.807) is 4.68 Å². The second-order valence-corrected chi connectivity index (χ2v) is 6.05. The highest BCUT2D eigenvalue weighted by atomic mass is 79.9. The number of anilines is 1. The minimum absolute atomic E-state index is 0. The van der Waals surface area contributed by atoms with Crippen molar-refractivity contribution in [3.63, 3.8) is 0 Å². The second kappa shape index (κ2) is 6.73. The van der Waals surface area contributed by atoms with Gasteiger partial charge in [-0.2, -0.15) is 0 Å². The first-order chi connectivity index (χ1) is 11.7. The van der Waals surface area contributed by atoms with E-state index in [9.17, 15) is 0 Å².